The molecule has 1 saturated carbocycles. The second-order valence-electron chi connectivity index (χ2n) is 9.21. The topological polar surface area (TPSA) is 65.7 Å². The van der Waals surface area contributed by atoms with Crippen LogP contribution >= 0.6 is 0 Å². The molecular formula is C21H33N5O2. The zero-order valence-corrected chi connectivity index (χ0v) is 17.4. The second kappa shape index (κ2) is 7.01. The standard InChI is InChI=1S/C21H33N5O2/c1-4-24(5-2)20(27)19-17-11-25(12-18(17)19)16-9-14-7-6-8-15(10-16)26(14)21-22-13(3)23-28-21/h14-19H,4-12H2,1-3H3/t14?,15?,16?,17-,18+,19+. The summed E-state index contributed by atoms with van der Waals surface area (Å²) in [6.07, 6.45) is 6.12. The van der Waals surface area contributed by atoms with Crippen LogP contribution < -0.4 is 4.90 Å². The van der Waals surface area contributed by atoms with E-state index in [2.05, 4.69) is 33.8 Å². The lowest BCUT2D eigenvalue weighted by Gasteiger charge is -2.50. The van der Waals surface area contributed by atoms with Gasteiger partial charge >= 0.3 is 6.01 Å². The van der Waals surface area contributed by atoms with Gasteiger partial charge < -0.3 is 14.3 Å². The lowest BCUT2D eigenvalue weighted by Crippen LogP contribution is -2.57. The smallest absolute Gasteiger partial charge is 0.324 e. The van der Waals surface area contributed by atoms with E-state index in [0.717, 1.165) is 38.0 Å². The molecule has 7 heteroatoms. The summed E-state index contributed by atoms with van der Waals surface area (Å²) < 4.78 is 5.52. The average molecular weight is 388 g/mol. The Morgan fingerprint density at radius 3 is 2.29 bits per heavy atom. The van der Waals surface area contributed by atoms with Crippen molar-refractivity contribution in [2.75, 3.05) is 31.1 Å². The van der Waals surface area contributed by atoms with Crippen molar-refractivity contribution in [3.8, 4) is 0 Å². The number of likely N-dealkylation sites (tertiary alicyclic amines) is 1. The Hall–Kier alpha value is -1.63. The molecule has 0 spiro atoms. The zero-order chi connectivity index (χ0) is 19.4. The molecule has 28 heavy (non-hydrogen) atoms. The van der Waals surface area contributed by atoms with Crippen molar-refractivity contribution < 1.29 is 9.32 Å². The minimum absolute atomic E-state index is 0.303. The maximum atomic E-state index is 12.7. The molecule has 1 amide bonds. The summed E-state index contributed by atoms with van der Waals surface area (Å²) in [5.74, 6) is 2.63. The van der Waals surface area contributed by atoms with Gasteiger partial charge in [-0.15, -0.1) is 0 Å². The molecule has 154 valence electrons. The maximum Gasteiger partial charge on any atom is 0.324 e. The summed E-state index contributed by atoms with van der Waals surface area (Å²) in [6.45, 7) is 9.98. The number of rotatable bonds is 5. The predicted molar refractivity (Wildman–Crippen MR) is 106 cm³/mol. The van der Waals surface area contributed by atoms with Crippen LogP contribution in [0.3, 0.4) is 0 Å². The monoisotopic (exact) mass is 387 g/mol. The van der Waals surface area contributed by atoms with Gasteiger partial charge in [-0.1, -0.05) is 5.16 Å². The minimum Gasteiger partial charge on any atom is -0.343 e. The van der Waals surface area contributed by atoms with Crippen LogP contribution in [0.1, 0.15) is 51.8 Å². The van der Waals surface area contributed by atoms with Crippen molar-refractivity contribution in [2.45, 2.75) is 71.0 Å². The van der Waals surface area contributed by atoms with Gasteiger partial charge in [0.2, 0.25) is 5.91 Å². The van der Waals surface area contributed by atoms with E-state index in [9.17, 15) is 4.79 Å². The van der Waals surface area contributed by atoms with Gasteiger partial charge in [0.25, 0.3) is 0 Å². The van der Waals surface area contributed by atoms with E-state index < -0.39 is 0 Å². The van der Waals surface area contributed by atoms with Crippen molar-refractivity contribution >= 4 is 11.9 Å². The summed E-state index contributed by atoms with van der Waals surface area (Å²) >= 11 is 0. The van der Waals surface area contributed by atoms with Crippen molar-refractivity contribution in [1.29, 1.82) is 0 Å². The first kappa shape index (κ1) is 18.4. The molecule has 0 aromatic carbocycles. The van der Waals surface area contributed by atoms with Crippen LogP contribution in [0.25, 0.3) is 0 Å². The van der Waals surface area contributed by atoms with Crippen LogP contribution in [-0.2, 0) is 4.79 Å². The minimum atomic E-state index is 0.303. The Bertz CT molecular complexity index is 706. The van der Waals surface area contributed by atoms with Gasteiger partial charge in [0.05, 0.1) is 0 Å². The van der Waals surface area contributed by atoms with Gasteiger partial charge in [-0.25, -0.2) is 0 Å². The fraction of sp³-hybridized carbons (Fsp3) is 0.857. The summed E-state index contributed by atoms with van der Waals surface area (Å²) in [5.41, 5.74) is 0. The van der Waals surface area contributed by atoms with Crippen molar-refractivity contribution in [3.63, 3.8) is 0 Å². The fourth-order valence-electron chi connectivity index (χ4n) is 6.32. The third kappa shape index (κ3) is 2.93. The van der Waals surface area contributed by atoms with E-state index in [-0.39, 0.29) is 0 Å². The maximum absolute atomic E-state index is 12.7. The SMILES string of the molecule is CCN(CC)C(=O)[C@H]1[C@@H]2CN(C3CC4CCCC(C3)N4c3nc(C)no3)C[C@@H]21. The second-order valence-corrected chi connectivity index (χ2v) is 9.21. The van der Waals surface area contributed by atoms with Crippen LogP contribution in [0.2, 0.25) is 0 Å². The number of aryl methyl sites for hydroxylation is 1. The van der Waals surface area contributed by atoms with E-state index >= 15 is 0 Å². The van der Waals surface area contributed by atoms with E-state index in [1.165, 1.54) is 32.1 Å². The largest absolute Gasteiger partial charge is 0.343 e. The van der Waals surface area contributed by atoms with E-state index in [1.54, 1.807) is 0 Å². The van der Waals surface area contributed by atoms with Gasteiger partial charge in [0, 0.05) is 50.2 Å². The molecular weight excluding hydrogens is 354 g/mol. The molecule has 1 aromatic heterocycles. The lowest BCUT2D eigenvalue weighted by molar-refractivity contribution is -0.133. The Labute approximate surface area is 167 Å². The Kier molecular flexibility index (Phi) is 4.61. The number of amides is 1. The van der Waals surface area contributed by atoms with Crippen LogP contribution in [0.4, 0.5) is 6.01 Å². The number of carbonyl (C=O) groups is 1. The molecule has 1 aliphatic carbocycles. The lowest BCUT2D eigenvalue weighted by atomic mass is 9.81. The summed E-state index contributed by atoms with van der Waals surface area (Å²) in [5, 5.41) is 4.01. The molecule has 4 fully saturated rings. The van der Waals surface area contributed by atoms with Crippen LogP contribution in [0.5, 0.6) is 0 Å². The molecule has 4 aliphatic rings. The molecule has 3 aliphatic heterocycles. The molecule has 1 aromatic rings. The number of fused-ring (bicyclic) bond motifs is 3. The quantitative estimate of drug-likeness (QED) is 0.772. The van der Waals surface area contributed by atoms with E-state index in [1.807, 2.05) is 11.8 Å². The fourth-order valence-corrected chi connectivity index (χ4v) is 6.32. The zero-order valence-electron chi connectivity index (χ0n) is 17.4. The Morgan fingerprint density at radius 2 is 1.75 bits per heavy atom. The molecule has 2 bridgehead atoms. The first-order chi connectivity index (χ1) is 13.6. The van der Waals surface area contributed by atoms with Crippen molar-refractivity contribution in [1.82, 2.24) is 19.9 Å². The van der Waals surface area contributed by atoms with Gasteiger partial charge in [-0.2, -0.15) is 4.98 Å². The van der Waals surface area contributed by atoms with Crippen LogP contribution in [0.15, 0.2) is 4.52 Å². The summed E-state index contributed by atoms with van der Waals surface area (Å²) in [6, 6.07) is 2.40. The van der Waals surface area contributed by atoms with Crippen LogP contribution in [-0.4, -0.2) is 70.2 Å². The Balaban J connectivity index is 1.22. The molecule has 3 saturated heterocycles. The molecule has 0 N–H and O–H groups in total. The third-order valence-electron chi connectivity index (χ3n) is 7.79. The number of piperidine rings is 3. The molecule has 4 heterocycles. The van der Waals surface area contributed by atoms with Crippen LogP contribution in [0, 0.1) is 24.7 Å². The van der Waals surface area contributed by atoms with Gasteiger partial charge in [-0.3, -0.25) is 9.69 Å². The number of carbonyl (C=O) groups excluding carboxylic acids is 1. The van der Waals surface area contributed by atoms with Gasteiger partial charge in [0.15, 0.2) is 5.82 Å². The number of hydrogen-bond acceptors (Lipinski definition) is 6. The number of aromatic nitrogens is 2. The third-order valence-corrected chi connectivity index (χ3v) is 7.79. The first-order valence-corrected chi connectivity index (χ1v) is 11.2. The predicted octanol–water partition coefficient (Wildman–Crippen LogP) is 2.31. The van der Waals surface area contributed by atoms with E-state index in [0.29, 0.717) is 41.8 Å². The first-order valence-electron chi connectivity index (χ1n) is 11.2. The highest BCUT2D eigenvalue weighted by Crippen LogP contribution is 2.54. The van der Waals surface area contributed by atoms with Crippen molar-refractivity contribution in [2.24, 2.45) is 17.8 Å². The summed E-state index contributed by atoms with van der Waals surface area (Å²) in [4.78, 5) is 24.3. The number of anilines is 1. The molecule has 5 atom stereocenters. The highest BCUT2D eigenvalue weighted by Gasteiger charge is 2.61. The van der Waals surface area contributed by atoms with Crippen molar-refractivity contribution in [3.05, 3.63) is 5.82 Å². The molecule has 5 rings (SSSR count). The molecule has 0 radical (unpaired) electrons. The highest BCUT2D eigenvalue weighted by molar-refractivity contribution is 5.82. The molecule has 2 unspecified atom stereocenters. The average Bonchev–Trinajstić information content (AvgIpc) is 3.00. The Morgan fingerprint density at radius 1 is 1.11 bits per heavy atom. The summed E-state index contributed by atoms with van der Waals surface area (Å²) in [7, 11) is 0. The van der Waals surface area contributed by atoms with Gasteiger partial charge in [-0.05, 0) is 64.7 Å². The van der Waals surface area contributed by atoms with E-state index in [4.69, 9.17) is 4.52 Å². The molecule has 7 nitrogen and oxygen atoms in total. The van der Waals surface area contributed by atoms with Gasteiger partial charge in [0.1, 0.15) is 0 Å². The number of hydrogen-bond donors (Lipinski definition) is 0. The normalized spacial score (nSPS) is 37.0. The number of nitrogens with zero attached hydrogens (tertiary/aromatic N) is 5. The highest BCUT2D eigenvalue weighted by atomic mass is 16.5.